The Kier molecular flexibility index (Phi) is 6.53. The summed E-state index contributed by atoms with van der Waals surface area (Å²) in [5.41, 5.74) is -0.744. The van der Waals surface area contributed by atoms with Crippen LogP contribution < -0.4 is 5.32 Å². The number of alkyl halides is 3. The summed E-state index contributed by atoms with van der Waals surface area (Å²) >= 11 is 0.934. The fourth-order valence-electron chi connectivity index (χ4n) is 2.33. The molecular weight excluding hydrogens is 410 g/mol. The quantitative estimate of drug-likeness (QED) is 0.338. The average molecular weight is 425 g/mol. The number of furan rings is 1. The smallest absolute Gasteiger partial charge is 0.433 e. The summed E-state index contributed by atoms with van der Waals surface area (Å²) < 4.78 is 57.7. The van der Waals surface area contributed by atoms with Gasteiger partial charge in [0.1, 0.15) is 17.3 Å². The van der Waals surface area contributed by atoms with Crippen LogP contribution in [-0.2, 0) is 17.5 Å². The van der Waals surface area contributed by atoms with E-state index in [1.165, 1.54) is 18.4 Å². The molecule has 0 aliphatic rings. The first-order chi connectivity index (χ1) is 13.8. The van der Waals surface area contributed by atoms with E-state index in [9.17, 15) is 22.4 Å². The van der Waals surface area contributed by atoms with Gasteiger partial charge in [-0.25, -0.2) is 14.4 Å². The molecule has 0 aliphatic carbocycles. The Bertz CT molecular complexity index is 961. The van der Waals surface area contributed by atoms with Gasteiger partial charge in [-0.3, -0.25) is 4.79 Å². The topological polar surface area (TPSA) is 68.0 Å². The number of halogens is 4. The molecule has 10 heteroatoms. The summed E-state index contributed by atoms with van der Waals surface area (Å²) in [6, 6.07) is 9.18. The second-order valence-corrected chi connectivity index (χ2v) is 6.94. The number of hydrogen-bond acceptors (Lipinski definition) is 5. The number of hydrogen-bond donors (Lipinski definition) is 1. The Labute approximate surface area is 167 Å². The fraction of sp³-hybridized carbons (Fsp3) is 0.211. The van der Waals surface area contributed by atoms with Gasteiger partial charge >= 0.3 is 6.18 Å². The Balaban J connectivity index is 1.66. The maximum atomic E-state index is 13.2. The van der Waals surface area contributed by atoms with Crippen molar-refractivity contribution >= 4 is 17.7 Å². The van der Waals surface area contributed by atoms with E-state index >= 15 is 0 Å². The Morgan fingerprint density at radius 1 is 1.14 bits per heavy atom. The summed E-state index contributed by atoms with van der Waals surface area (Å²) in [7, 11) is 0. The lowest BCUT2D eigenvalue weighted by Crippen LogP contribution is -2.22. The number of aromatic nitrogens is 2. The van der Waals surface area contributed by atoms with E-state index in [1.54, 1.807) is 12.1 Å². The van der Waals surface area contributed by atoms with Crippen LogP contribution in [0.2, 0.25) is 0 Å². The highest BCUT2D eigenvalue weighted by Crippen LogP contribution is 2.32. The predicted molar refractivity (Wildman–Crippen MR) is 98.3 cm³/mol. The van der Waals surface area contributed by atoms with Crippen molar-refractivity contribution in [3.05, 3.63) is 66.0 Å². The fourth-order valence-corrected chi connectivity index (χ4v) is 3.12. The Morgan fingerprint density at radius 2 is 1.90 bits per heavy atom. The van der Waals surface area contributed by atoms with Gasteiger partial charge in [-0.15, -0.1) is 0 Å². The van der Waals surface area contributed by atoms with Crippen LogP contribution >= 0.6 is 11.8 Å². The molecule has 0 unspecified atom stereocenters. The van der Waals surface area contributed by atoms with E-state index in [2.05, 4.69) is 15.3 Å². The van der Waals surface area contributed by atoms with E-state index < -0.39 is 17.7 Å². The summed E-state index contributed by atoms with van der Waals surface area (Å²) in [6.45, 7) is 0.227. The van der Waals surface area contributed by atoms with Gasteiger partial charge in [-0.05, 0) is 42.5 Å². The van der Waals surface area contributed by atoms with Gasteiger partial charge in [-0.1, -0.05) is 11.8 Å². The van der Waals surface area contributed by atoms with Crippen molar-refractivity contribution in [2.24, 2.45) is 0 Å². The molecule has 0 fully saturated rings. The van der Waals surface area contributed by atoms with E-state index in [4.69, 9.17) is 4.42 Å². The van der Waals surface area contributed by atoms with Crippen LogP contribution in [0.15, 0.2) is 58.3 Å². The highest BCUT2D eigenvalue weighted by Gasteiger charge is 2.33. The van der Waals surface area contributed by atoms with E-state index in [0.717, 1.165) is 30.0 Å². The maximum Gasteiger partial charge on any atom is 0.433 e. The molecule has 29 heavy (non-hydrogen) atoms. The largest absolute Gasteiger partial charge is 0.467 e. The number of nitrogens with zero attached hydrogens (tertiary/aromatic N) is 2. The zero-order valence-corrected chi connectivity index (χ0v) is 15.7. The first kappa shape index (κ1) is 20.8. The van der Waals surface area contributed by atoms with Crippen molar-refractivity contribution in [3.8, 4) is 11.3 Å². The minimum absolute atomic E-state index is 0.0251. The van der Waals surface area contributed by atoms with Crippen LogP contribution in [0.5, 0.6) is 0 Å². The van der Waals surface area contributed by atoms with Gasteiger partial charge in [-0.2, -0.15) is 13.2 Å². The zero-order chi connectivity index (χ0) is 20.9. The molecule has 0 atom stereocenters. The molecule has 0 saturated carbocycles. The lowest BCUT2D eigenvalue weighted by atomic mass is 10.1. The highest BCUT2D eigenvalue weighted by molar-refractivity contribution is 7.99. The van der Waals surface area contributed by atoms with Gasteiger partial charge in [0.25, 0.3) is 0 Å². The molecule has 0 aliphatic heterocycles. The molecule has 152 valence electrons. The molecule has 1 N–H and O–H groups in total. The van der Waals surface area contributed by atoms with Crippen molar-refractivity contribution in [2.75, 3.05) is 5.75 Å². The van der Waals surface area contributed by atoms with E-state index in [0.29, 0.717) is 11.3 Å². The number of carbonyl (C=O) groups is 1. The number of benzene rings is 1. The van der Waals surface area contributed by atoms with Crippen LogP contribution in [0.3, 0.4) is 0 Å². The molecule has 0 radical (unpaired) electrons. The third-order valence-corrected chi connectivity index (χ3v) is 4.59. The standard InChI is InChI=1S/C19H15F4N3O2S/c20-13-5-3-12(4-6-13)15-10-16(19(21,22)23)26-18(25-15)29-9-7-17(27)24-11-14-2-1-8-28-14/h1-6,8,10H,7,9,11H2,(H,24,27). The molecule has 1 amide bonds. The Hall–Kier alpha value is -2.88. The molecule has 0 saturated heterocycles. The second-order valence-electron chi connectivity index (χ2n) is 5.88. The van der Waals surface area contributed by atoms with Gasteiger partial charge in [0.05, 0.1) is 18.5 Å². The van der Waals surface area contributed by atoms with Crippen molar-refractivity contribution < 1.29 is 26.8 Å². The van der Waals surface area contributed by atoms with E-state index in [1.807, 2.05) is 0 Å². The lowest BCUT2D eigenvalue weighted by Gasteiger charge is -2.10. The van der Waals surface area contributed by atoms with Crippen LogP contribution in [0, 0.1) is 5.82 Å². The van der Waals surface area contributed by atoms with Gasteiger partial charge in [0.2, 0.25) is 5.91 Å². The first-order valence-corrected chi connectivity index (χ1v) is 9.44. The van der Waals surface area contributed by atoms with Gasteiger partial charge in [0.15, 0.2) is 5.16 Å². The Morgan fingerprint density at radius 3 is 2.55 bits per heavy atom. The number of thioether (sulfide) groups is 1. The lowest BCUT2D eigenvalue weighted by molar-refractivity contribution is -0.141. The first-order valence-electron chi connectivity index (χ1n) is 8.45. The number of carbonyl (C=O) groups excluding carboxylic acids is 1. The van der Waals surface area contributed by atoms with Gasteiger partial charge < -0.3 is 9.73 Å². The molecule has 0 bridgehead atoms. The maximum absolute atomic E-state index is 13.2. The predicted octanol–water partition coefficient (Wildman–Crippen LogP) is 4.69. The molecular formula is C19H15F4N3O2S. The summed E-state index contributed by atoms with van der Waals surface area (Å²) in [5.74, 6) is -0.00135. The van der Waals surface area contributed by atoms with Crippen LogP contribution in [0.1, 0.15) is 17.9 Å². The summed E-state index contributed by atoms with van der Waals surface area (Å²) in [5, 5.41) is 2.53. The molecule has 3 rings (SSSR count). The van der Waals surface area contributed by atoms with Crippen LogP contribution in [0.25, 0.3) is 11.3 Å². The van der Waals surface area contributed by atoms with Crippen LogP contribution in [-0.4, -0.2) is 21.6 Å². The molecule has 5 nitrogen and oxygen atoms in total. The van der Waals surface area contributed by atoms with Crippen molar-refractivity contribution in [1.29, 1.82) is 0 Å². The van der Waals surface area contributed by atoms with Crippen LogP contribution in [0.4, 0.5) is 17.6 Å². The molecule has 1 aromatic carbocycles. The van der Waals surface area contributed by atoms with Crippen molar-refractivity contribution in [3.63, 3.8) is 0 Å². The average Bonchev–Trinajstić information content (AvgIpc) is 3.20. The highest BCUT2D eigenvalue weighted by atomic mass is 32.2. The SMILES string of the molecule is O=C(CCSc1nc(-c2ccc(F)cc2)cc(C(F)(F)F)n1)NCc1ccco1. The number of rotatable bonds is 7. The zero-order valence-electron chi connectivity index (χ0n) is 14.9. The van der Waals surface area contributed by atoms with E-state index in [-0.39, 0.29) is 35.5 Å². The third-order valence-electron chi connectivity index (χ3n) is 3.74. The van der Waals surface area contributed by atoms with Crippen molar-refractivity contribution in [2.45, 2.75) is 24.3 Å². The molecule has 2 aromatic heterocycles. The monoisotopic (exact) mass is 425 g/mol. The summed E-state index contributed by atoms with van der Waals surface area (Å²) in [6.07, 6.45) is -3.11. The minimum atomic E-state index is -4.66. The molecule has 3 aromatic rings. The third kappa shape index (κ3) is 6.05. The molecule has 2 heterocycles. The minimum Gasteiger partial charge on any atom is -0.467 e. The second kappa shape index (κ2) is 9.08. The number of nitrogens with one attached hydrogen (secondary N) is 1. The normalized spacial score (nSPS) is 11.4. The molecule has 0 spiro atoms. The van der Waals surface area contributed by atoms with Gasteiger partial charge in [0, 0.05) is 17.7 Å². The van der Waals surface area contributed by atoms with Crippen molar-refractivity contribution in [1.82, 2.24) is 15.3 Å². The summed E-state index contributed by atoms with van der Waals surface area (Å²) in [4.78, 5) is 19.5. The number of amides is 1.